The largest absolute Gasteiger partial charge is 0.493 e. The summed E-state index contributed by atoms with van der Waals surface area (Å²) >= 11 is 6.36. The van der Waals surface area contributed by atoms with Gasteiger partial charge in [-0.3, -0.25) is 9.69 Å². The number of carbonyl (C=O) groups excluding carboxylic acids is 1. The zero-order chi connectivity index (χ0) is 29.5. The first-order valence-corrected chi connectivity index (χ1v) is 15.5. The van der Waals surface area contributed by atoms with Gasteiger partial charge in [-0.2, -0.15) is 0 Å². The molecule has 0 aromatic heterocycles. The molecular weight excluding hydrogens is 586 g/mol. The summed E-state index contributed by atoms with van der Waals surface area (Å²) in [6.45, 7) is 8.26. The summed E-state index contributed by atoms with van der Waals surface area (Å²) < 4.78 is 20.1. The minimum Gasteiger partial charge on any atom is -0.493 e. The van der Waals surface area contributed by atoms with E-state index in [0.717, 1.165) is 43.9 Å². The number of piperidine rings is 1. The van der Waals surface area contributed by atoms with Crippen molar-refractivity contribution in [3.8, 4) is 16.9 Å². The molecule has 3 aromatic rings. The summed E-state index contributed by atoms with van der Waals surface area (Å²) in [7, 11) is 0. The molecule has 232 valence electrons. The molecule has 1 amide bonds. The van der Waals surface area contributed by atoms with Gasteiger partial charge in [0.05, 0.1) is 12.6 Å². The minimum absolute atomic E-state index is 0. The van der Waals surface area contributed by atoms with Crippen LogP contribution in [0.15, 0.2) is 66.7 Å². The first-order valence-electron chi connectivity index (χ1n) is 15.2. The van der Waals surface area contributed by atoms with E-state index in [1.54, 1.807) is 6.07 Å². The van der Waals surface area contributed by atoms with Gasteiger partial charge in [0.15, 0.2) is 0 Å². The van der Waals surface area contributed by atoms with E-state index in [0.29, 0.717) is 50.6 Å². The molecular formula is C34H43Cl2FN4O2. The predicted octanol–water partition coefficient (Wildman–Crippen LogP) is 5.89. The van der Waals surface area contributed by atoms with Crippen molar-refractivity contribution in [3.05, 3.63) is 88.7 Å². The third-order valence-corrected chi connectivity index (χ3v) is 8.95. The Bertz CT molecular complexity index is 1330. The van der Waals surface area contributed by atoms with Gasteiger partial charge in [0.1, 0.15) is 11.6 Å². The highest BCUT2D eigenvalue weighted by molar-refractivity contribution is 6.30. The monoisotopic (exact) mass is 628 g/mol. The SMILES string of the molecule is CCOc1cccc(F)c1CN1CCN(C(=O)C(N)C2CCN(CCc3cc(Cl)ccc3-c3ccccc3)CC2)CC1.Cl. The van der Waals surface area contributed by atoms with Crippen molar-refractivity contribution in [1.29, 1.82) is 0 Å². The van der Waals surface area contributed by atoms with Crippen LogP contribution in [0.25, 0.3) is 11.1 Å². The van der Waals surface area contributed by atoms with Gasteiger partial charge >= 0.3 is 0 Å². The van der Waals surface area contributed by atoms with Gasteiger partial charge in [-0.25, -0.2) is 4.39 Å². The summed E-state index contributed by atoms with van der Waals surface area (Å²) in [6.07, 6.45) is 2.76. The number of hydrogen-bond donors (Lipinski definition) is 1. The Kier molecular flexibility index (Phi) is 12.3. The first kappa shape index (κ1) is 33.2. The molecule has 2 saturated heterocycles. The smallest absolute Gasteiger partial charge is 0.239 e. The summed E-state index contributed by atoms with van der Waals surface area (Å²) in [5.41, 5.74) is 10.8. The molecule has 5 rings (SSSR count). The van der Waals surface area contributed by atoms with Crippen molar-refractivity contribution in [1.82, 2.24) is 14.7 Å². The number of hydrogen-bond acceptors (Lipinski definition) is 5. The minimum atomic E-state index is -0.479. The lowest BCUT2D eigenvalue weighted by atomic mass is 9.88. The summed E-state index contributed by atoms with van der Waals surface area (Å²) in [6, 6.07) is 21.1. The number of ether oxygens (including phenoxy) is 1. The van der Waals surface area contributed by atoms with Crippen LogP contribution in [0.4, 0.5) is 4.39 Å². The lowest BCUT2D eigenvalue weighted by molar-refractivity contribution is -0.136. The van der Waals surface area contributed by atoms with Crippen LogP contribution in [0.3, 0.4) is 0 Å². The molecule has 0 bridgehead atoms. The summed E-state index contributed by atoms with van der Waals surface area (Å²) in [5, 5.41) is 0.760. The van der Waals surface area contributed by atoms with Gasteiger partial charge in [-0.15, -0.1) is 12.4 Å². The van der Waals surface area contributed by atoms with Crippen molar-refractivity contribution in [2.75, 3.05) is 52.4 Å². The van der Waals surface area contributed by atoms with Crippen LogP contribution in [-0.2, 0) is 17.8 Å². The van der Waals surface area contributed by atoms with Gasteiger partial charge in [-0.05, 0) is 86.1 Å². The van der Waals surface area contributed by atoms with Gasteiger partial charge in [0, 0.05) is 49.9 Å². The van der Waals surface area contributed by atoms with Crippen LogP contribution in [0.2, 0.25) is 5.02 Å². The van der Waals surface area contributed by atoms with E-state index >= 15 is 0 Å². The highest BCUT2D eigenvalue weighted by Crippen LogP contribution is 2.28. The lowest BCUT2D eigenvalue weighted by Gasteiger charge is -2.39. The standard InChI is InChI=1S/C34H42ClFN4O2.ClH/c1-2-42-32-10-6-9-31(36)30(32)24-39-19-21-40(22-20-39)34(41)33(37)26-13-16-38(17-14-26)18-15-27-23-28(35)11-12-29(27)25-7-4-3-5-8-25;/h3-12,23,26,33H,2,13-22,24,37H2,1H3;1H. The van der Waals surface area contributed by atoms with Crippen LogP contribution in [0.5, 0.6) is 5.75 Å². The fourth-order valence-corrected chi connectivity index (χ4v) is 6.42. The van der Waals surface area contributed by atoms with E-state index in [2.05, 4.69) is 46.2 Å². The maximum atomic E-state index is 14.5. The zero-order valence-corrected chi connectivity index (χ0v) is 26.5. The second-order valence-electron chi connectivity index (χ2n) is 11.4. The fourth-order valence-electron chi connectivity index (χ4n) is 6.23. The molecule has 2 heterocycles. The third-order valence-electron chi connectivity index (χ3n) is 8.72. The van der Waals surface area contributed by atoms with E-state index in [1.165, 1.54) is 22.8 Å². The number of nitrogens with zero attached hydrogens (tertiary/aromatic N) is 3. The van der Waals surface area contributed by atoms with Crippen LogP contribution in [0, 0.1) is 11.7 Å². The molecule has 1 unspecified atom stereocenters. The second-order valence-corrected chi connectivity index (χ2v) is 11.8. The van der Waals surface area contributed by atoms with E-state index in [9.17, 15) is 9.18 Å². The molecule has 2 aliphatic heterocycles. The van der Waals surface area contributed by atoms with E-state index in [4.69, 9.17) is 22.1 Å². The third kappa shape index (κ3) is 8.49. The van der Waals surface area contributed by atoms with Crippen LogP contribution >= 0.6 is 24.0 Å². The normalized spacial score (nSPS) is 17.3. The van der Waals surface area contributed by atoms with Crippen LogP contribution < -0.4 is 10.5 Å². The molecule has 3 aromatic carbocycles. The van der Waals surface area contributed by atoms with E-state index in [-0.39, 0.29) is 30.0 Å². The average Bonchev–Trinajstić information content (AvgIpc) is 3.02. The molecule has 0 spiro atoms. The van der Waals surface area contributed by atoms with Crippen molar-refractivity contribution < 1.29 is 13.9 Å². The zero-order valence-electron chi connectivity index (χ0n) is 24.9. The number of amides is 1. The molecule has 0 aliphatic carbocycles. The topological polar surface area (TPSA) is 62.0 Å². The van der Waals surface area contributed by atoms with Gasteiger partial charge in [0.25, 0.3) is 0 Å². The van der Waals surface area contributed by atoms with Gasteiger partial charge in [-0.1, -0.05) is 54.1 Å². The maximum absolute atomic E-state index is 14.5. The second kappa shape index (κ2) is 15.9. The number of nitrogens with two attached hydrogens (primary N) is 1. The lowest BCUT2D eigenvalue weighted by Crippen LogP contribution is -2.55. The number of piperazine rings is 1. The van der Waals surface area contributed by atoms with Gasteiger partial charge in [0.2, 0.25) is 5.91 Å². The summed E-state index contributed by atoms with van der Waals surface area (Å²) in [4.78, 5) is 19.9. The molecule has 9 heteroatoms. The molecule has 1 atom stereocenters. The Morgan fingerprint density at radius 1 is 0.977 bits per heavy atom. The predicted molar refractivity (Wildman–Crippen MR) is 174 cm³/mol. The Labute approximate surface area is 266 Å². The molecule has 0 saturated carbocycles. The van der Waals surface area contributed by atoms with Crippen LogP contribution in [-0.4, -0.2) is 79.1 Å². The maximum Gasteiger partial charge on any atom is 0.239 e. The Hall–Kier alpha value is -2.68. The van der Waals surface area contributed by atoms with Crippen molar-refractivity contribution >= 4 is 29.9 Å². The molecule has 2 aliphatic rings. The summed E-state index contributed by atoms with van der Waals surface area (Å²) in [5.74, 6) is 0.566. The number of rotatable bonds is 10. The highest BCUT2D eigenvalue weighted by atomic mass is 35.5. The van der Waals surface area contributed by atoms with Crippen LogP contribution in [0.1, 0.15) is 30.9 Å². The van der Waals surface area contributed by atoms with E-state index < -0.39 is 6.04 Å². The van der Waals surface area contributed by atoms with E-state index in [1.807, 2.05) is 30.0 Å². The number of halogens is 3. The van der Waals surface area contributed by atoms with Crippen molar-refractivity contribution in [2.24, 2.45) is 11.7 Å². The number of benzene rings is 3. The molecule has 2 N–H and O–H groups in total. The molecule has 2 fully saturated rings. The molecule has 43 heavy (non-hydrogen) atoms. The van der Waals surface area contributed by atoms with Gasteiger partial charge < -0.3 is 20.3 Å². The Balaban J connectivity index is 0.00000423. The number of likely N-dealkylation sites (tertiary alicyclic amines) is 1. The fraction of sp³-hybridized carbons (Fsp3) is 0.441. The highest BCUT2D eigenvalue weighted by Gasteiger charge is 2.33. The average molecular weight is 630 g/mol. The molecule has 6 nitrogen and oxygen atoms in total. The van der Waals surface area contributed by atoms with Crippen molar-refractivity contribution in [2.45, 2.75) is 38.8 Å². The van der Waals surface area contributed by atoms with Crippen molar-refractivity contribution in [3.63, 3.8) is 0 Å². The molecule has 0 radical (unpaired) electrons. The Morgan fingerprint density at radius 2 is 1.70 bits per heavy atom. The first-order chi connectivity index (χ1) is 20.4. The Morgan fingerprint density at radius 3 is 2.40 bits per heavy atom. The quantitative estimate of drug-likeness (QED) is 0.303. The number of carbonyl (C=O) groups is 1.